The van der Waals surface area contributed by atoms with Gasteiger partial charge in [-0.15, -0.1) is 34.0 Å². The van der Waals surface area contributed by atoms with Gasteiger partial charge in [0.15, 0.2) is 52.2 Å². The Labute approximate surface area is 617 Å². The molecule has 0 spiro atoms. The number of fused-ring (bicyclic) bond motifs is 12. The Balaban J connectivity index is 0.667. The number of hydrogen-bond acceptors (Lipinski definition) is 14. The van der Waals surface area contributed by atoms with Crippen molar-refractivity contribution in [2.75, 3.05) is 0 Å². The van der Waals surface area contributed by atoms with Gasteiger partial charge >= 0.3 is 0 Å². The van der Waals surface area contributed by atoms with Crippen LogP contribution < -0.4 is 0 Å². The molecule has 0 fully saturated rings. The third kappa shape index (κ3) is 10.5. The number of hydrogen-bond donors (Lipinski definition) is 0. The highest BCUT2D eigenvalue weighted by Gasteiger charge is 2.26. The number of nitrogens with zero attached hydrogens (tertiary/aromatic N) is 10. The number of aromatic nitrogens is 10. The fourth-order valence-corrected chi connectivity index (χ4v) is 18.3. The normalized spacial score (nSPS) is 11.8. The van der Waals surface area contributed by atoms with E-state index in [1.807, 2.05) is 103 Å². The summed E-state index contributed by atoms with van der Waals surface area (Å²) in [5.74, 6) is 4.74. The number of para-hydroxylation sites is 1. The van der Waals surface area contributed by atoms with Crippen LogP contribution in [0.3, 0.4) is 0 Å². The first kappa shape index (κ1) is 61.2. The standard InChI is InChI=1S/C92H52N10OS3/c1-5-23-53(24-6-1)54-47-49-58(50-48-54)88-97-86(56-27-9-3-10-28-56)99-91(101-88)67-39-21-46-74-76(67)66-38-20-42-70(83(66)106-74)80-84-79(64-36-14-16-44-72(64)104-84)95-89(96-80)61-33-17-31-59(51-61)60-32-18-34-62(52-60)90-98-87(57-29-11-4-12-30-57)100-92(102-90)68-40-22-45-73-75(68)65-37-19-41-69(82(65)105-73)78-81-77(63-35-13-15-43-71(63)103-81)93-85(94-78)55-25-7-2-8-26-55/h1-52H. The van der Waals surface area contributed by atoms with Crippen LogP contribution in [0.15, 0.2) is 320 Å². The SMILES string of the molecule is c1ccc(-c2ccc(-c3nc(-c4ccccc4)nc(-c4cccc5sc6c(-c7nc(-c8cccc(-c9cccc(-c%10nc(-c%11ccccc%11)nc(-c%11cccc%12sc%13c(-c%14nc(-c%15ccccc%15)nc%15c%14oc%14ccccc%14%15)cccc%13c%11%12)n%10)c9)c8)nc8c7sc7ccccc78)cccc6c45)n3)cc2)cc1. The van der Waals surface area contributed by atoms with Gasteiger partial charge in [-0.2, -0.15) is 0 Å². The monoisotopic (exact) mass is 1410 g/mol. The van der Waals surface area contributed by atoms with Gasteiger partial charge in [0.1, 0.15) is 16.8 Å². The van der Waals surface area contributed by atoms with Gasteiger partial charge in [0.05, 0.1) is 15.9 Å². The molecule has 0 saturated heterocycles. The zero-order valence-electron chi connectivity index (χ0n) is 56.1. The Morgan fingerprint density at radius 2 is 0.557 bits per heavy atom. The van der Waals surface area contributed by atoms with Crippen LogP contribution in [-0.4, -0.2) is 49.8 Å². The number of thiophene rings is 3. The topological polar surface area (TPSA) is 142 Å². The molecule has 0 radical (unpaired) electrons. The third-order valence-corrected chi connectivity index (χ3v) is 23.2. The molecule has 0 aliphatic rings. The van der Waals surface area contributed by atoms with Crippen molar-refractivity contribution >= 4 is 117 Å². The van der Waals surface area contributed by atoms with E-state index in [0.29, 0.717) is 52.2 Å². The van der Waals surface area contributed by atoms with Crippen molar-refractivity contribution in [2.45, 2.75) is 0 Å². The zero-order chi connectivity index (χ0) is 69.8. The van der Waals surface area contributed by atoms with E-state index in [0.717, 1.165) is 166 Å². The molecule has 14 heteroatoms. The summed E-state index contributed by atoms with van der Waals surface area (Å²) in [6, 6.07) is 109. The molecule has 0 unspecified atom stereocenters. The van der Waals surface area contributed by atoms with E-state index in [2.05, 4.69) is 212 Å². The molecular weight excluding hydrogens is 1360 g/mol. The summed E-state index contributed by atoms with van der Waals surface area (Å²) in [5, 5.41) is 6.30. The van der Waals surface area contributed by atoms with E-state index < -0.39 is 0 Å². The van der Waals surface area contributed by atoms with Gasteiger partial charge < -0.3 is 4.42 Å². The molecule has 0 atom stereocenters. The lowest BCUT2D eigenvalue weighted by molar-refractivity contribution is 0.667. The lowest BCUT2D eigenvalue weighted by atomic mass is 10.00. The fraction of sp³-hybridized carbons (Fsp3) is 0. The second-order valence-corrected chi connectivity index (χ2v) is 29.2. The molecule has 11 nitrogen and oxygen atoms in total. The maximum atomic E-state index is 6.67. The maximum Gasteiger partial charge on any atom is 0.180 e. The quantitative estimate of drug-likeness (QED) is 0.115. The Hall–Kier alpha value is -13.5. The van der Waals surface area contributed by atoms with E-state index in [4.69, 9.17) is 54.3 Å². The van der Waals surface area contributed by atoms with Crippen molar-refractivity contribution in [3.05, 3.63) is 315 Å². The minimum atomic E-state index is 0.547. The average molecular weight is 1410 g/mol. The summed E-state index contributed by atoms with van der Waals surface area (Å²) < 4.78 is 13.2. The van der Waals surface area contributed by atoms with Gasteiger partial charge in [-0.1, -0.05) is 273 Å². The minimum Gasteiger partial charge on any atom is -0.452 e. The maximum absolute atomic E-state index is 6.67. The van der Waals surface area contributed by atoms with Gasteiger partial charge in [-0.25, -0.2) is 49.8 Å². The molecule has 0 aliphatic heterocycles. The van der Waals surface area contributed by atoms with E-state index >= 15 is 0 Å². The smallest absolute Gasteiger partial charge is 0.180 e. The van der Waals surface area contributed by atoms with Gasteiger partial charge in [0.25, 0.3) is 0 Å². The molecule has 0 saturated carbocycles. The lowest BCUT2D eigenvalue weighted by Gasteiger charge is -2.12. The number of furan rings is 1. The largest absolute Gasteiger partial charge is 0.452 e. The molecule has 8 heterocycles. The molecule has 494 valence electrons. The second kappa shape index (κ2) is 25.2. The Morgan fingerprint density at radius 3 is 1.12 bits per heavy atom. The third-order valence-electron chi connectivity index (χ3n) is 19.7. The molecule has 106 heavy (non-hydrogen) atoms. The molecule has 0 aliphatic carbocycles. The summed E-state index contributed by atoms with van der Waals surface area (Å²) in [5.41, 5.74) is 18.1. The molecule has 0 bridgehead atoms. The molecular formula is C92H52N10OS3. The van der Waals surface area contributed by atoms with Crippen LogP contribution in [0.1, 0.15) is 0 Å². The highest BCUT2D eigenvalue weighted by Crippen LogP contribution is 2.49. The van der Waals surface area contributed by atoms with Crippen LogP contribution in [0.4, 0.5) is 0 Å². The molecule has 0 amide bonds. The number of benzene rings is 13. The van der Waals surface area contributed by atoms with Gasteiger partial charge in [-0.3, -0.25) is 0 Å². The summed E-state index contributed by atoms with van der Waals surface area (Å²) in [6.07, 6.45) is 0. The van der Waals surface area contributed by atoms with E-state index in [1.54, 1.807) is 34.0 Å². The van der Waals surface area contributed by atoms with Crippen molar-refractivity contribution in [2.24, 2.45) is 0 Å². The number of rotatable bonds is 12. The van der Waals surface area contributed by atoms with Crippen molar-refractivity contribution in [3.8, 4) is 136 Å². The Bertz CT molecular complexity index is 7080. The van der Waals surface area contributed by atoms with Crippen LogP contribution in [0.25, 0.3) is 219 Å². The first-order chi connectivity index (χ1) is 52.5. The van der Waals surface area contributed by atoms with Crippen LogP contribution in [0.2, 0.25) is 0 Å². The van der Waals surface area contributed by atoms with E-state index in [9.17, 15) is 0 Å². The van der Waals surface area contributed by atoms with Crippen LogP contribution in [0.5, 0.6) is 0 Å². The predicted molar refractivity (Wildman–Crippen MR) is 436 cm³/mol. The van der Waals surface area contributed by atoms with Crippen molar-refractivity contribution in [1.82, 2.24) is 49.8 Å². The molecule has 21 rings (SSSR count). The van der Waals surface area contributed by atoms with E-state index in [-0.39, 0.29) is 0 Å². The Kier molecular flexibility index (Phi) is 14.5. The molecule has 0 N–H and O–H groups in total. The summed E-state index contributed by atoms with van der Waals surface area (Å²) in [4.78, 5) is 53.3. The first-order valence-electron chi connectivity index (χ1n) is 34.8. The molecule has 13 aromatic carbocycles. The highest BCUT2D eigenvalue weighted by molar-refractivity contribution is 7.27. The van der Waals surface area contributed by atoms with E-state index in [1.165, 1.54) is 0 Å². The summed E-state index contributed by atoms with van der Waals surface area (Å²) in [6.45, 7) is 0. The zero-order valence-corrected chi connectivity index (χ0v) is 58.6. The van der Waals surface area contributed by atoms with Gasteiger partial charge in [-0.05, 0) is 64.7 Å². The van der Waals surface area contributed by atoms with Gasteiger partial charge in [0.2, 0.25) is 0 Å². The van der Waals surface area contributed by atoms with Crippen LogP contribution in [-0.2, 0) is 0 Å². The second-order valence-electron chi connectivity index (χ2n) is 26.1. The highest BCUT2D eigenvalue weighted by atomic mass is 32.1. The average Bonchev–Trinajstić information content (AvgIpc) is 1.57. The first-order valence-corrected chi connectivity index (χ1v) is 37.3. The van der Waals surface area contributed by atoms with Crippen LogP contribution >= 0.6 is 34.0 Å². The molecule has 8 aromatic heterocycles. The Morgan fingerprint density at radius 1 is 0.208 bits per heavy atom. The molecule has 21 aromatic rings. The van der Waals surface area contributed by atoms with Crippen molar-refractivity contribution in [1.29, 1.82) is 0 Å². The van der Waals surface area contributed by atoms with Crippen molar-refractivity contribution in [3.63, 3.8) is 0 Å². The predicted octanol–water partition coefficient (Wildman–Crippen LogP) is 24.6. The lowest BCUT2D eigenvalue weighted by Crippen LogP contribution is -2.00. The summed E-state index contributed by atoms with van der Waals surface area (Å²) in [7, 11) is 0. The van der Waals surface area contributed by atoms with Crippen LogP contribution in [0, 0.1) is 0 Å². The fourth-order valence-electron chi connectivity index (χ4n) is 14.6. The minimum absolute atomic E-state index is 0.547. The summed E-state index contributed by atoms with van der Waals surface area (Å²) >= 11 is 5.21. The van der Waals surface area contributed by atoms with Gasteiger partial charge in [0, 0.05) is 111 Å². The van der Waals surface area contributed by atoms with Crippen molar-refractivity contribution < 1.29 is 4.42 Å².